The van der Waals surface area contributed by atoms with Gasteiger partial charge in [-0.15, -0.1) is 0 Å². The summed E-state index contributed by atoms with van der Waals surface area (Å²) in [4.78, 5) is 2.34. The standard InChI is InChI=1S/C13H18ClNO/c1-3-15(11-5-6-11)13-7-4-10(9(2)16)8-12(13)14/h4,7-9,11,16H,3,5-6H2,1-2H3. The van der Waals surface area contributed by atoms with Crippen molar-refractivity contribution in [1.82, 2.24) is 0 Å². The Morgan fingerprint density at radius 3 is 2.62 bits per heavy atom. The van der Waals surface area contributed by atoms with E-state index in [1.807, 2.05) is 18.2 Å². The zero-order valence-electron chi connectivity index (χ0n) is 9.78. The number of anilines is 1. The van der Waals surface area contributed by atoms with Crippen molar-refractivity contribution in [1.29, 1.82) is 0 Å². The number of hydrogen-bond donors (Lipinski definition) is 1. The van der Waals surface area contributed by atoms with Crippen LogP contribution in [0.3, 0.4) is 0 Å². The molecular formula is C13H18ClNO. The summed E-state index contributed by atoms with van der Waals surface area (Å²) in [6.45, 7) is 4.89. The van der Waals surface area contributed by atoms with Gasteiger partial charge in [-0.2, -0.15) is 0 Å². The lowest BCUT2D eigenvalue weighted by Crippen LogP contribution is -2.25. The molecule has 0 saturated heterocycles. The van der Waals surface area contributed by atoms with Crippen LogP contribution in [0.25, 0.3) is 0 Å². The van der Waals surface area contributed by atoms with Gasteiger partial charge < -0.3 is 10.0 Å². The van der Waals surface area contributed by atoms with E-state index in [0.29, 0.717) is 6.04 Å². The Hall–Kier alpha value is -0.730. The molecule has 0 bridgehead atoms. The van der Waals surface area contributed by atoms with Crippen LogP contribution in [0, 0.1) is 0 Å². The third-order valence-corrected chi connectivity index (χ3v) is 3.39. The van der Waals surface area contributed by atoms with E-state index in [2.05, 4.69) is 11.8 Å². The second-order valence-corrected chi connectivity index (χ2v) is 4.81. The molecule has 1 fully saturated rings. The van der Waals surface area contributed by atoms with Gasteiger partial charge in [0.25, 0.3) is 0 Å². The van der Waals surface area contributed by atoms with E-state index in [9.17, 15) is 5.11 Å². The van der Waals surface area contributed by atoms with Gasteiger partial charge in [0.2, 0.25) is 0 Å². The molecule has 2 rings (SSSR count). The summed E-state index contributed by atoms with van der Waals surface area (Å²) in [5.74, 6) is 0. The van der Waals surface area contributed by atoms with Gasteiger partial charge >= 0.3 is 0 Å². The minimum Gasteiger partial charge on any atom is -0.389 e. The lowest BCUT2D eigenvalue weighted by molar-refractivity contribution is 0.199. The molecule has 0 aromatic heterocycles. The smallest absolute Gasteiger partial charge is 0.0762 e. The average Bonchev–Trinajstić information content (AvgIpc) is 3.05. The molecule has 0 aliphatic heterocycles. The summed E-state index contributed by atoms with van der Waals surface area (Å²) in [6, 6.07) is 6.51. The number of aliphatic hydroxyl groups is 1. The second kappa shape index (κ2) is 4.64. The molecule has 1 aromatic carbocycles. The first-order valence-corrected chi connectivity index (χ1v) is 6.25. The summed E-state index contributed by atoms with van der Waals surface area (Å²) in [6.07, 6.45) is 2.08. The second-order valence-electron chi connectivity index (χ2n) is 4.40. The molecule has 1 atom stereocenters. The van der Waals surface area contributed by atoms with Gasteiger partial charge in [-0.05, 0) is 44.4 Å². The average molecular weight is 240 g/mol. The topological polar surface area (TPSA) is 23.5 Å². The highest BCUT2D eigenvalue weighted by molar-refractivity contribution is 6.33. The molecular weight excluding hydrogens is 222 g/mol. The zero-order valence-corrected chi connectivity index (χ0v) is 10.5. The maximum Gasteiger partial charge on any atom is 0.0762 e. The summed E-state index contributed by atoms with van der Waals surface area (Å²) < 4.78 is 0. The quantitative estimate of drug-likeness (QED) is 0.871. The van der Waals surface area contributed by atoms with Crippen LogP contribution >= 0.6 is 11.6 Å². The zero-order chi connectivity index (χ0) is 11.7. The summed E-state index contributed by atoms with van der Waals surface area (Å²) in [7, 11) is 0. The van der Waals surface area contributed by atoms with E-state index in [0.717, 1.165) is 22.8 Å². The number of halogens is 1. The first kappa shape index (κ1) is 11.7. The van der Waals surface area contributed by atoms with Gasteiger partial charge in [0, 0.05) is 12.6 Å². The van der Waals surface area contributed by atoms with Crippen LogP contribution in [0.4, 0.5) is 5.69 Å². The maximum absolute atomic E-state index is 9.48. The maximum atomic E-state index is 9.48. The predicted molar refractivity (Wildman–Crippen MR) is 68.1 cm³/mol. The molecule has 1 aliphatic carbocycles. The molecule has 16 heavy (non-hydrogen) atoms. The molecule has 1 saturated carbocycles. The molecule has 1 N–H and O–H groups in total. The Balaban J connectivity index is 2.27. The third-order valence-electron chi connectivity index (χ3n) is 3.09. The van der Waals surface area contributed by atoms with Gasteiger partial charge in [0.05, 0.1) is 16.8 Å². The van der Waals surface area contributed by atoms with Crippen molar-refractivity contribution in [3.05, 3.63) is 28.8 Å². The fraction of sp³-hybridized carbons (Fsp3) is 0.538. The highest BCUT2D eigenvalue weighted by Crippen LogP contribution is 2.36. The molecule has 1 aromatic rings. The van der Waals surface area contributed by atoms with Crippen molar-refractivity contribution in [2.45, 2.75) is 38.8 Å². The summed E-state index contributed by atoms with van der Waals surface area (Å²) >= 11 is 6.27. The van der Waals surface area contributed by atoms with Crippen molar-refractivity contribution in [3.63, 3.8) is 0 Å². The van der Waals surface area contributed by atoms with Crippen molar-refractivity contribution in [3.8, 4) is 0 Å². The van der Waals surface area contributed by atoms with E-state index >= 15 is 0 Å². The lowest BCUT2D eigenvalue weighted by atomic mass is 10.1. The normalized spacial score (nSPS) is 17.2. The monoisotopic (exact) mass is 239 g/mol. The molecule has 0 amide bonds. The van der Waals surface area contributed by atoms with E-state index in [4.69, 9.17) is 11.6 Å². The molecule has 3 heteroatoms. The van der Waals surface area contributed by atoms with Crippen molar-refractivity contribution >= 4 is 17.3 Å². The summed E-state index contributed by atoms with van der Waals surface area (Å²) in [5, 5.41) is 10.2. The SMILES string of the molecule is CCN(c1ccc(C(C)O)cc1Cl)C1CC1. The Kier molecular flexibility index (Phi) is 3.41. The van der Waals surface area contributed by atoms with E-state index in [1.165, 1.54) is 12.8 Å². The van der Waals surface area contributed by atoms with Crippen LogP contribution in [0.1, 0.15) is 38.4 Å². The van der Waals surface area contributed by atoms with E-state index in [-0.39, 0.29) is 0 Å². The van der Waals surface area contributed by atoms with Gasteiger partial charge in [-0.1, -0.05) is 17.7 Å². The number of hydrogen-bond acceptors (Lipinski definition) is 2. The first-order valence-electron chi connectivity index (χ1n) is 5.87. The minimum atomic E-state index is -0.456. The molecule has 0 spiro atoms. The van der Waals surface area contributed by atoms with Crippen LogP contribution in [-0.2, 0) is 0 Å². The van der Waals surface area contributed by atoms with Crippen molar-refractivity contribution < 1.29 is 5.11 Å². The molecule has 0 heterocycles. The van der Waals surface area contributed by atoms with Crippen molar-refractivity contribution in [2.24, 2.45) is 0 Å². The predicted octanol–water partition coefficient (Wildman–Crippen LogP) is 3.38. The third kappa shape index (κ3) is 2.33. The minimum absolute atomic E-state index is 0.456. The van der Waals surface area contributed by atoms with Crippen LogP contribution in [0.5, 0.6) is 0 Å². The Morgan fingerprint density at radius 1 is 1.50 bits per heavy atom. The molecule has 0 radical (unpaired) electrons. The van der Waals surface area contributed by atoms with Crippen LogP contribution in [0.15, 0.2) is 18.2 Å². The number of rotatable bonds is 4. The molecule has 88 valence electrons. The van der Waals surface area contributed by atoms with Crippen LogP contribution < -0.4 is 4.90 Å². The fourth-order valence-corrected chi connectivity index (χ4v) is 2.32. The first-order chi connectivity index (χ1) is 7.63. The van der Waals surface area contributed by atoms with Gasteiger partial charge in [-0.25, -0.2) is 0 Å². The Labute approximate surface area is 102 Å². The summed E-state index contributed by atoms with van der Waals surface area (Å²) in [5.41, 5.74) is 1.97. The number of benzene rings is 1. The largest absolute Gasteiger partial charge is 0.389 e. The van der Waals surface area contributed by atoms with Crippen LogP contribution in [-0.4, -0.2) is 17.7 Å². The molecule has 1 aliphatic rings. The number of nitrogens with zero attached hydrogens (tertiary/aromatic N) is 1. The Bertz CT molecular complexity index is 374. The molecule has 2 nitrogen and oxygen atoms in total. The highest BCUT2D eigenvalue weighted by atomic mass is 35.5. The number of aliphatic hydroxyl groups excluding tert-OH is 1. The highest BCUT2D eigenvalue weighted by Gasteiger charge is 2.29. The fourth-order valence-electron chi connectivity index (χ4n) is 2.03. The van der Waals surface area contributed by atoms with Crippen molar-refractivity contribution in [2.75, 3.05) is 11.4 Å². The Morgan fingerprint density at radius 2 is 2.19 bits per heavy atom. The van der Waals surface area contributed by atoms with E-state index in [1.54, 1.807) is 6.92 Å². The lowest BCUT2D eigenvalue weighted by Gasteiger charge is -2.24. The van der Waals surface area contributed by atoms with Gasteiger partial charge in [-0.3, -0.25) is 0 Å². The van der Waals surface area contributed by atoms with E-state index < -0.39 is 6.10 Å². The molecule has 1 unspecified atom stereocenters. The van der Waals surface area contributed by atoms with Gasteiger partial charge in [0.1, 0.15) is 0 Å². The van der Waals surface area contributed by atoms with Gasteiger partial charge in [0.15, 0.2) is 0 Å². The van der Waals surface area contributed by atoms with Crippen LogP contribution in [0.2, 0.25) is 5.02 Å².